The Bertz CT molecular complexity index is 673. The van der Waals surface area contributed by atoms with Crippen LogP contribution in [-0.4, -0.2) is 14.7 Å². The van der Waals surface area contributed by atoms with Crippen LogP contribution in [0.2, 0.25) is 0 Å². The first-order valence-corrected chi connectivity index (χ1v) is 4.50. The third-order valence-corrected chi connectivity index (χ3v) is 2.12. The van der Waals surface area contributed by atoms with E-state index in [1.807, 2.05) is 0 Å². The van der Waals surface area contributed by atoms with Gasteiger partial charge in [0.2, 0.25) is 11.7 Å². The number of aromatic amines is 1. The summed E-state index contributed by atoms with van der Waals surface area (Å²) in [6, 6.07) is 4.39. The van der Waals surface area contributed by atoms with Crippen LogP contribution >= 0.6 is 0 Å². The molecule has 0 bridgehead atoms. The molecule has 2 N–H and O–H groups in total. The van der Waals surface area contributed by atoms with E-state index in [1.54, 1.807) is 4.98 Å². The lowest BCUT2D eigenvalue weighted by Crippen LogP contribution is -2.30. The number of H-pyrrole nitrogens is 1. The second-order valence-corrected chi connectivity index (χ2v) is 3.21. The number of benzene rings is 1. The molecule has 5 nitrogen and oxygen atoms in total. The Morgan fingerprint density at radius 3 is 2.29 bits per heavy atom. The molecule has 0 aliphatic heterocycles. The maximum absolute atomic E-state index is 13.1. The lowest BCUT2D eigenvalue weighted by Gasteiger charge is -2.07. The molecule has 0 aliphatic rings. The summed E-state index contributed by atoms with van der Waals surface area (Å²) in [5, 5.41) is 9.36. The maximum atomic E-state index is 13.1. The van der Waals surface area contributed by atoms with Gasteiger partial charge in [-0.3, -0.25) is 9.78 Å². The molecule has 1 aromatic heterocycles. The van der Waals surface area contributed by atoms with E-state index >= 15 is 0 Å². The summed E-state index contributed by atoms with van der Waals surface area (Å²) in [6.45, 7) is 0. The Balaban J connectivity index is 2.76. The molecule has 88 valence electrons. The SMILES string of the molecule is O=c1[nH]c(=O)n(-c2ccc(F)cc2)c(O)c1F. The molecular formula is C10H6F2N2O3. The number of nitrogens with zero attached hydrogens (tertiary/aromatic N) is 1. The Morgan fingerprint density at radius 2 is 1.71 bits per heavy atom. The molecule has 0 saturated carbocycles. The minimum Gasteiger partial charge on any atom is -0.492 e. The number of rotatable bonds is 1. The van der Waals surface area contributed by atoms with E-state index in [4.69, 9.17) is 0 Å². The molecule has 0 spiro atoms. The molecule has 0 saturated heterocycles. The third kappa shape index (κ3) is 1.82. The van der Waals surface area contributed by atoms with Crippen LogP contribution < -0.4 is 11.2 Å². The van der Waals surface area contributed by atoms with E-state index < -0.39 is 28.8 Å². The van der Waals surface area contributed by atoms with Crippen molar-refractivity contribution in [2.75, 3.05) is 0 Å². The van der Waals surface area contributed by atoms with Gasteiger partial charge in [-0.2, -0.15) is 4.39 Å². The van der Waals surface area contributed by atoms with Crippen molar-refractivity contribution >= 4 is 0 Å². The lowest BCUT2D eigenvalue weighted by atomic mass is 10.3. The van der Waals surface area contributed by atoms with Crippen LogP contribution in [0, 0.1) is 11.6 Å². The van der Waals surface area contributed by atoms with Crippen LogP contribution in [0.4, 0.5) is 8.78 Å². The Morgan fingerprint density at radius 1 is 1.12 bits per heavy atom. The van der Waals surface area contributed by atoms with E-state index in [0.717, 1.165) is 24.3 Å². The predicted molar refractivity (Wildman–Crippen MR) is 54.2 cm³/mol. The molecular weight excluding hydrogens is 234 g/mol. The summed E-state index contributed by atoms with van der Waals surface area (Å²) in [7, 11) is 0. The molecule has 0 amide bonds. The molecule has 0 atom stereocenters. The highest BCUT2D eigenvalue weighted by atomic mass is 19.1. The van der Waals surface area contributed by atoms with Crippen LogP contribution in [0.3, 0.4) is 0 Å². The summed E-state index contributed by atoms with van der Waals surface area (Å²) < 4.78 is 26.3. The monoisotopic (exact) mass is 240 g/mol. The van der Waals surface area contributed by atoms with E-state index in [0.29, 0.717) is 4.57 Å². The molecule has 0 unspecified atom stereocenters. The normalized spacial score (nSPS) is 10.5. The van der Waals surface area contributed by atoms with Crippen LogP contribution in [0.25, 0.3) is 5.69 Å². The summed E-state index contributed by atoms with van der Waals surface area (Å²) in [4.78, 5) is 23.9. The minimum absolute atomic E-state index is 0.0315. The second kappa shape index (κ2) is 3.85. The van der Waals surface area contributed by atoms with Crippen molar-refractivity contribution in [2.45, 2.75) is 0 Å². The van der Waals surface area contributed by atoms with Crippen molar-refractivity contribution in [2.24, 2.45) is 0 Å². The highest BCUT2D eigenvalue weighted by Gasteiger charge is 2.14. The highest BCUT2D eigenvalue weighted by molar-refractivity contribution is 5.35. The number of nitrogens with one attached hydrogen (secondary N) is 1. The van der Waals surface area contributed by atoms with Crippen LogP contribution in [0.15, 0.2) is 33.9 Å². The average molecular weight is 240 g/mol. The van der Waals surface area contributed by atoms with Gasteiger partial charge in [0.1, 0.15) is 5.82 Å². The lowest BCUT2D eigenvalue weighted by molar-refractivity contribution is 0.386. The quantitative estimate of drug-likeness (QED) is 0.762. The molecule has 0 fully saturated rings. The first-order valence-electron chi connectivity index (χ1n) is 4.50. The minimum atomic E-state index is -1.48. The average Bonchev–Trinajstić information content (AvgIpc) is 2.29. The number of aromatic hydroxyl groups is 1. The van der Waals surface area contributed by atoms with Gasteiger partial charge in [-0.1, -0.05) is 0 Å². The Labute approximate surface area is 92.6 Å². The van der Waals surface area contributed by atoms with E-state index in [9.17, 15) is 23.5 Å². The standard InChI is InChI=1S/C10H6F2N2O3/c11-5-1-3-6(4-2-5)14-9(16)7(12)8(15)13-10(14)17/h1-4,16H,(H,13,15,17). The first-order chi connectivity index (χ1) is 8.00. The maximum Gasteiger partial charge on any atom is 0.335 e. The molecule has 17 heavy (non-hydrogen) atoms. The second-order valence-electron chi connectivity index (χ2n) is 3.21. The Hall–Kier alpha value is -2.44. The van der Waals surface area contributed by atoms with Gasteiger partial charge < -0.3 is 5.11 Å². The molecule has 0 radical (unpaired) electrons. The van der Waals surface area contributed by atoms with Gasteiger partial charge in [-0.05, 0) is 24.3 Å². The third-order valence-electron chi connectivity index (χ3n) is 2.12. The molecule has 1 aromatic carbocycles. The molecule has 7 heteroatoms. The van der Waals surface area contributed by atoms with Crippen molar-refractivity contribution in [1.29, 1.82) is 0 Å². The predicted octanol–water partition coefficient (Wildman–Crippen LogP) is 0.510. The number of aromatic nitrogens is 2. The first kappa shape index (κ1) is 11.1. The van der Waals surface area contributed by atoms with Gasteiger partial charge in [0.15, 0.2) is 0 Å². The fraction of sp³-hybridized carbons (Fsp3) is 0. The zero-order valence-electron chi connectivity index (χ0n) is 8.28. The van der Waals surface area contributed by atoms with Crippen molar-refractivity contribution in [3.05, 3.63) is 56.7 Å². The number of hydrogen-bond acceptors (Lipinski definition) is 3. The topological polar surface area (TPSA) is 75.1 Å². The summed E-state index contributed by atoms with van der Waals surface area (Å²) in [5.41, 5.74) is -2.30. The molecule has 0 aliphatic carbocycles. The van der Waals surface area contributed by atoms with Crippen molar-refractivity contribution in [3.8, 4) is 11.6 Å². The van der Waals surface area contributed by atoms with Gasteiger partial charge in [0.25, 0.3) is 5.56 Å². The number of halogens is 2. The molecule has 2 rings (SSSR count). The summed E-state index contributed by atoms with van der Waals surface area (Å²) >= 11 is 0. The van der Waals surface area contributed by atoms with Gasteiger partial charge in [0, 0.05) is 0 Å². The van der Waals surface area contributed by atoms with Gasteiger partial charge >= 0.3 is 5.69 Å². The summed E-state index contributed by atoms with van der Waals surface area (Å²) in [5.74, 6) is -3.15. The molecule has 1 heterocycles. The zero-order chi connectivity index (χ0) is 12.6. The van der Waals surface area contributed by atoms with Crippen molar-refractivity contribution < 1.29 is 13.9 Å². The van der Waals surface area contributed by atoms with Gasteiger partial charge in [-0.25, -0.2) is 13.8 Å². The molecule has 2 aromatic rings. The largest absolute Gasteiger partial charge is 0.492 e. The Kier molecular flexibility index (Phi) is 2.51. The van der Waals surface area contributed by atoms with Gasteiger partial charge in [0.05, 0.1) is 5.69 Å². The van der Waals surface area contributed by atoms with Gasteiger partial charge in [-0.15, -0.1) is 0 Å². The highest BCUT2D eigenvalue weighted by Crippen LogP contribution is 2.14. The van der Waals surface area contributed by atoms with Crippen LogP contribution in [-0.2, 0) is 0 Å². The van der Waals surface area contributed by atoms with E-state index in [-0.39, 0.29) is 5.69 Å². The van der Waals surface area contributed by atoms with E-state index in [1.165, 1.54) is 0 Å². The van der Waals surface area contributed by atoms with E-state index in [2.05, 4.69) is 0 Å². The van der Waals surface area contributed by atoms with Crippen LogP contribution in [0.1, 0.15) is 0 Å². The zero-order valence-corrected chi connectivity index (χ0v) is 8.28. The van der Waals surface area contributed by atoms with Crippen LogP contribution in [0.5, 0.6) is 5.88 Å². The number of hydrogen-bond donors (Lipinski definition) is 2. The summed E-state index contributed by atoms with van der Waals surface area (Å²) in [6.07, 6.45) is 0. The van der Waals surface area contributed by atoms with Crippen molar-refractivity contribution in [1.82, 2.24) is 9.55 Å². The smallest absolute Gasteiger partial charge is 0.335 e. The fourth-order valence-corrected chi connectivity index (χ4v) is 1.33. The van der Waals surface area contributed by atoms with Crippen molar-refractivity contribution in [3.63, 3.8) is 0 Å². The fourth-order valence-electron chi connectivity index (χ4n) is 1.33.